The van der Waals surface area contributed by atoms with Crippen molar-refractivity contribution in [3.05, 3.63) is 28.8 Å². The van der Waals surface area contributed by atoms with Crippen LogP contribution >= 0.6 is 11.6 Å². The maximum atomic E-state index is 6.25. The zero-order chi connectivity index (χ0) is 14.2. The lowest BCUT2D eigenvalue weighted by Gasteiger charge is -2.26. The van der Waals surface area contributed by atoms with Gasteiger partial charge in [0, 0.05) is 35.8 Å². The van der Waals surface area contributed by atoms with Crippen LogP contribution in [0.25, 0.3) is 0 Å². The summed E-state index contributed by atoms with van der Waals surface area (Å²) in [4.78, 5) is 5.06. The van der Waals surface area contributed by atoms with E-state index in [-0.39, 0.29) is 5.41 Å². The molecule has 0 radical (unpaired) electrons. The summed E-state index contributed by atoms with van der Waals surface area (Å²) in [6.45, 7) is 8.68. The van der Waals surface area contributed by atoms with Crippen LogP contribution in [-0.2, 0) is 5.41 Å². The van der Waals surface area contributed by atoms with E-state index in [0.29, 0.717) is 0 Å². The molecule has 110 valence electrons. The van der Waals surface area contributed by atoms with Crippen LogP contribution in [0.2, 0.25) is 5.02 Å². The fraction of sp³-hybridized carbons (Fsp3) is 0.625. The molecule has 3 nitrogen and oxygen atoms in total. The van der Waals surface area contributed by atoms with Crippen LogP contribution in [0.1, 0.15) is 25.3 Å². The van der Waals surface area contributed by atoms with Gasteiger partial charge in [-0.3, -0.25) is 0 Å². The Hall–Kier alpha value is -0.770. The number of benzene rings is 1. The SMILES string of the molecule is CCN1C[C@@]2(CCN(CCCN)C2)c2cc(Cl)ccc21. The van der Waals surface area contributed by atoms with Crippen LogP contribution in [-0.4, -0.2) is 44.2 Å². The van der Waals surface area contributed by atoms with Gasteiger partial charge in [-0.05, 0) is 63.2 Å². The molecule has 1 aromatic rings. The second-order valence-corrected chi connectivity index (χ2v) is 6.56. The van der Waals surface area contributed by atoms with Gasteiger partial charge in [0.1, 0.15) is 0 Å². The summed E-state index contributed by atoms with van der Waals surface area (Å²) in [6.07, 6.45) is 2.33. The Balaban J connectivity index is 1.87. The fourth-order valence-electron chi connectivity index (χ4n) is 3.84. The highest BCUT2D eigenvalue weighted by atomic mass is 35.5. The van der Waals surface area contributed by atoms with Gasteiger partial charge >= 0.3 is 0 Å². The lowest BCUT2D eigenvalue weighted by atomic mass is 9.81. The van der Waals surface area contributed by atoms with Crippen molar-refractivity contribution in [3.8, 4) is 0 Å². The smallest absolute Gasteiger partial charge is 0.0410 e. The van der Waals surface area contributed by atoms with Crippen LogP contribution in [0, 0.1) is 0 Å². The Labute approximate surface area is 126 Å². The second kappa shape index (κ2) is 5.55. The Morgan fingerprint density at radius 2 is 2.20 bits per heavy atom. The van der Waals surface area contributed by atoms with E-state index in [2.05, 4.69) is 28.9 Å². The number of likely N-dealkylation sites (N-methyl/N-ethyl adjacent to an activating group) is 1. The van der Waals surface area contributed by atoms with Crippen LogP contribution in [0.15, 0.2) is 18.2 Å². The largest absolute Gasteiger partial charge is 0.371 e. The highest BCUT2D eigenvalue weighted by Crippen LogP contribution is 2.47. The third-order valence-electron chi connectivity index (χ3n) is 4.86. The predicted molar refractivity (Wildman–Crippen MR) is 85.7 cm³/mol. The highest BCUT2D eigenvalue weighted by molar-refractivity contribution is 6.30. The summed E-state index contributed by atoms with van der Waals surface area (Å²) in [5.74, 6) is 0. The van der Waals surface area contributed by atoms with Crippen molar-refractivity contribution in [1.29, 1.82) is 0 Å². The molecule has 0 bridgehead atoms. The van der Waals surface area contributed by atoms with Crippen molar-refractivity contribution in [2.45, 2.75) is 25.2 Å². The van der Waals surface area contributed by atoms with E-state index in [1.54, 1.807) is 0 Å². The quantitative estimate of drug-likeness (QED) is 0.926. The molecular formula is C16H24ClN3. The molecule has 4 heteroatoms. The summed E-state index contributed by atoms with van der Waals surface area (Å²) < 4.78 is 0. The van der Waals surface area contributed by atoms with Crippen molar-refractivity contribution in [2.24, 2.45) is 5.73 Å². The zero-order valence-corrected chi connectivity index (χ0v) is 13.0. The van der Waals surface area contributed by atoms with Crippen molar-refractivity contribution in [3.63, 3.8) is 0 Å². The van der Waals surface area contributed by atoms with E-state index < -0.39 is 0 Å². The average Bonchev–Trinajstić information content (AvgIpc) is 3.00. The number of halogens is 1. The van der Waals surface area contributed by atoms with Gasteiger partial charge in [-0.25, -0.2) is 0 Å². The summed E-state index contributed by atoms with van der Waals surface area (Å²) in [5, 5.41) is 0.862. The number of fused-ring (bicyclic) bond motifs is 2. The number of rotatable bonds is 4. The van der Waals surface area contributed by atoms with Gasteiger partial charge in [0.05, 0.1) is 0 Å². The van der Waals surface area contributed by atoms with Crippen molar-refractivity contribution in [1.82, 2.24) is 4.90 Å². The first-order valence-corrected chi connectivity index (χ1v) is 8.04. The van der Waals surface area contributed by atoms with Gasteiger partial charge in [0.25, 0.3) is 0 Å². The molecule has 2 heterocycles. The first-order valence-electron chi connectivity index (χ1n) is 7.66. The van der Waals surface area contributed by atoms with Crippen LogP contribution in [0.4, 0.5) is 5.69 Å². The van der Waals surface area contributed by atoms with Gasteiger partial charge in [0.15, 0.2) is 0 Å². The number of anilines is 1. The van der Waals surface area contributed by atoms with E-state index in [1.807, 2.05) is 6.07 Å². The molecule has 0 amide bonds. The molecule has 1 spiro atoms. The number of hydrogen-bond acceptors (Lipinski definition) is 3. The first kappa shape index (κ1) is 14.2. The van der Waals surface area contributed by atoms with Crippen LogP contribution in [0.5, 0.6) is 0 Å². The Morgan fingerprint density at radius 1 is 1.35 bits per heavy atom. The van der Waals surface area contributed by atoms with Gasteiger partial charge < -0.3 is 15.5 Å². The van der Waals surface area contributed by atoms with Crippen molar-refractivity contribution < 1.29 is 0 Å². The molecule has 2 N–H and O–H groups in total. The van der Waals surface area contributed by atoms with Gasteiger partial charge in [-0.2, -0.15) is 0 Å². The monoisotopic (exact) mass is 293 g/mol. The molecule has 2 aliphatic rings. The lowest BCUT2D eigenvalue weighted by Crippen LogP contribution is -2.36. The predicted octanol–water partition coefficient (Wildman–Crippen LogP) is 2.47. The minimum atomic E-state index is 0.283. The Kier molecular flexibility index (Phi) is 3.93. The van der Waals surface area contributed by atoms with Crippen molar-refractivity contribution >= 4 is 17.3 Å². The summed E-state index contributed by atoms with van der Waals surface area (Å²) in [5.41, 5.74) is 8.77. The second-order valence-electron chi connectivity index (χ2n) is 6.12. The molecule has 1 atom stereocenters. The summed E-state index contributed by atoms with van der Waals surface area (Å²) >= 11 is 6.25. The molecule has 0 aliphatic carbocycles. The molecule has 1 aromatic carbocycles. The minimum absolute atomic E-state index is 0.283. The molecule has 0 aromatic heterocycles. The van der Waals surface area contributed by atoms with Crippen LogP contribution < -0.4 is 10.6 Å². The fourth-order valence-corrected chi connectivity index (χ4v) is 4.01. The molecule has 0 unspecified atom stereocenters. The minimum Gasteiger partial charge on any atom is -0.371 e. The molecule has 1 saturated heterocycles. The van der Waals surface area contributed by atoms with Gasteiger partial charge in [0.2, 0.25) is 0 Å². The first-order chi connectivity index (χ1) is 9.68. The molecule has 1 fully saturated rings. The van der Waals surface area contributed by atoms with Gasteiger partial charge in [-0.1, -0.05) is 11.6 Å². The molecule has 2 aliphatic heterocycles. The topological polar surface area (TPSA) is 32.5 Å². The Bertz CT molecular complexity index is 491. The maximum Gasteiger partial charge on any atom is 0.0410 e. The number of hydrogen-bond donors (Lipinski definition) is 1. The number of nitrogens with zero attached hydrogens (tertiary/aromatic N) is 2. The third-order valence-corrected chi connectivity index (χ3v) is 5.09. The normalized spacial score (nSPS) is 25.6. The summed E-state index contributed by atoms with van der Waals surface area (Å²) in [7, 11) is 0. The zero-order valence-electron chi connectivity index (χ0n) is 12.2. The molecule has 20 heavy (non-hydrogen) atoms. The van der Waals surface area contributed by atoms with E-state index in [0.717, 1.165) is 44.2 Å². The van der Waals surface area contributed by atoms with Crippen molar-refractivity contribution in [2.75, 3.05) is 44.2 Å². The number of likely N-dealkylation sites (tertiary alicyclic amines) is 1. The maximum absolute atomic E-state index is 6.25. The standard InChI is InChI=1S/C16H24ClN3/c1-2-20-12-16(6-9-19(11-16)8-3-7-18)14-10-13(17)4-5-15(14)20/h4-5,10H,2-3,6-9,11-12,18H2,1H3/t16-/m0/s1. The molecule has 3 rings (SSSR count). The van der Waals surface area contributed by atoms with E-state index in [1.165, 1.54) is 24.2 Å². The number of nitrogens with two attached hydrogens (primary N) is 1. The average molecular weight is 294 g/mol. The van der Waals surface area contributed by atoms with Crippen LogP contribution in [0.3, 0.4) is 0 Å². The third kappa shape index (κ3) is 2.32. The Morgan fingerprint density at radius 3 is 2.95 bits per heavy atom. The van der Waals surface area contributed by atoms with E-state index >= 15 is 0 Å². The van der Waals surface area contributed by atoms with E-state index in [9.17, 15) is 0 Å². The lowest BCUT2D eigenvalue weighted by molar-refractivity contribution is 0.312. The highest BCUT2D eigenvalue weighted by Gasteiger charge is 2.46. The molecule has 0 saturated carbocycles. The molecular weight excluding hydrogens is 270 g/mol. The van der Waals surface area contributed by atoms with E-state index in [4.69, 9.17) is 17.3 Å². The summed E-state index contributed by atoms with van der Waals surface area (Å²) in [6, 6.07) is 6.40. The van der Waals surface area contributed by atoms with Gasteiger partial charge in [-0.15, -0.1) is 0 Å².